The van der Waals surface area contributed by atoms with Gasteiger partial charge in [-0.3, -0.25) is 9.59 Å². The van der Waals surface area contributed by atoms with Crippen LogP contribution in [0.15, 0.2) is 24.3 Å². The molecule has 0 atom stereocenters. The van der Waals surface area contributed by atoms with E-state index in [0.29, 0.717) is 0 Å². The fourth-order valence-electron chi connectivity index (χ4n) is 3.61. The van der Waals surface area contributed by atoms with Crippen LogP contribution in [0.5, 0.6) is 0 Å². The molecule has 3 rings (SSSR count). The summed E-state index contributed by atoms with van der Waals surface area (Å²) in [5, 5.41) is 5.62. The molecule has 130 valence electrons. The summed E-state index contributed by atoms with van der Waals surface area (Å²) in [5.41, 5.74) is 1.98. The number of hydrogen-bond acceptors (Lipinski definition) is 3. The molecule has 5 heteroatoms. The molecule has 1 heterocycles. The summed E-state index contributed by atoms with van der Waals surface area (Å²) < 4.78 is 0. The van der Waals surface area contributed by atoms with Crippen molar-refractivity contribution in [2.75, 3.05) is 29.9 Å². The van der Waals surface area contributed by atoms with Crippen LogP contribution in [0.2, 0.25) is 0 Å². The highest BCUT2D eigenvalue weighted by Crippen LogP contribution is 2.24. The molecule has 1 aromatic carbocycles. The zero-order valence-corrected chi connectivity index (χ0v) is 14.2. The Bertz CT molecular complexity index is 558. The number of benzene rings is 1. The van der Waals surface area contributed by atoms with Gasteiger partial charge in [-0.2, -0.15) is 0 Å². The minimum Gasteiger partial charge on any atom is -0.372 e. The van der Waals surface area contributed by atoms with E-state index in [0.717, 1.165) is 44.5 Å². The van der Waals surface area contributed by atoms with Gasteiger partial charge in [0.1, 0.15) is 0 Å². The van der Waals surface area contributed by atoms with Crippen LogP contribution in [0.4, 0.5) is 11.4 Å². The van der Waals surface area contributed by atoms with E-state index in [-0.39, 0.29) is 24.3 Å². The van der Waals surface area contributed by atoms with E-state index >= 15 is 0 Å². The fraction of sp³-hybridized carbons (Fsp3) is 0.579. The first-order valence-electron chi connectivity index (χ1n) is 9.15. The Morgan fingerprint density at radius 1 is 0.958 bits per heavy atom. The van der Waals surface area contributed by atoms with Crippen molar-refractivity contribution in [1.29, 1.82) is 0 Å². The normalized spacial score (nSPS) is 18.4. The van der Waals surface area contributed by atoms with Gasteiger partial charge in [-0.05, 0) is 49.9 Å². The van der Waals surface area contributed by atoms with Crippen molar-refractivity contribution < 1.29 is 9.59 Å². The van der Waals surface area contributed by atoms with E-state index in [1.54, 1.807) is 0 Å². The molecule has 0 spiro atoms. The Morgan fingerprint density at radius 3 is 2.29 bits per heavy atom. The molecule has 24 heavy (non-hydrogen) atoms. The lowest BCUT2D eigenvalue weighted by Gasteiger charge is -2.20. The van der Waals surface area contributed by atoms with Gasteiger partial charge in [0.2, 0.25) is 11.8 Å². The molecule has 1 aliphatic heterocycles. The lowest BCUT2D eigenvalue weighted by Crippen LogP contribution is -2.37. The second-order valence-corrected chi connectivity index (χ2v) is 6.84. The Morgan fingerprint density at radius 2 is 1.62 bits per heavy atom. The van der Waals surface area contributed by atoms with Gasteiger partial charge in [-0.25, -0.2) is 0 Å². The molecular weight excluding hydrogens is 302 g/mol. The molecule has 2 aliphatic rings. The lowest BCUT2D eigenvalue weighted by molar-refractivity contribution is -0.128. The number of carbonyl (C=O) groups is 2. The van der Waals surface area contributed by atoms with Crippen LogP contribution in [-0.4, -0.2) is 31.4 Å². The third-order valence-corrected chi connectivity index (χ3v) is 5.02. The van der Waals surface area contributed by atoms with Crippen LogP contribution < -0.4 is 15.5 Å². The van der Waals surface area contributed by atoms with Crippen LogP contribution in [-0.2, 0) is 9.59 Å². The smallest absolute Gasteiger partial charge is 0.243 e. The van der Waals surface area contributed by atoms with Gasteiger partial charge < -0.3 is 15.5 Å². The van der Waals surface area contributed by atoms with Crippen molar-refractivity contribution >= 4 is 23.2 Å². The second kappa shape index (κ2) is 8.18. The molecule has 0 aromatic heterocycles. The van der Waals surface area contributed by atoms with Crippen LogP contribution in [0.1, 0.15) is 44.9 Å². The molecule has 2 fully saturated rings. The highest BCUT2D eigenvalue weighted by atomic mass is 16.2. The minimum absolute atomic E-state index is 0.0224. The SMILES string of the molecule is O=C(CNC(=O)C1CCCCC1)Nc1ccc(N2CCCC2)cc1. The number of hydrogen-bond donors (Lipinski definition) is 2. The second-order valence-electron chi connectivity index (χ2n) is 6.84. The quantitative estimate of drug-likeness (QED) is 0.873. The summed E-state index contributed by atoms with van der Waals surface area (Å²) in [5.74, 6) is -0.0615. The number of nitrogens with zero attached hydrogens (tertiary/aromatic N) is 1. The van der Waals surface area contributed by atoms with Crippen LogP contribution >= 0.6 is 0 Å². The summed E-state index contributed by atoms with van der Waals surface area (Å²) in [4.78, 5) is 26.4. The number of carbonyl (C=O) groups excluding carboxylic acids is 2. The maximum atomic E-state index is 12.1. The molecule has 0 unspecified atom stereocenters. The average Bonchev–Trinajstić information content (AvgIpc) is 3.16. The van der Waals surface area contributed by atoms with E-state index in [9.17, 15) is 9.59 Å². The Kier molecular flexibility index (Phi) is 5.72. The van der Waals surface area contributed by atoms with E-state index in [4.69, 9.17) is 0 Å². The number of nitrogens with one attached hydrogen (secondary N) is 2. The Labute approximate surface area is 143 Å². The van der Waals surface area contributed by atoms with Crippen LogP contribution in [0, 0.1) is 5.92 Å². The lowest BCUT2D eigenvalue weighted by atomic mass is 9.89. The van der Waals surface area contributed by atoms with Crippen LogP contribution in [0.3, 0.4) is 0 Å². The molecular formula is C19H27N3O2. The molecule has 1 saturated heterocycles. The maximum absolute atomic E-state index is 12.1. The molecule has 0 bridgehead atoms. The highest BCUT2D eigenvalue weighted by Gasteiger charge is 2.21. The third-order valence-electron chi connectivity index (χ3n) is 5.02. The topological polar surface area (TPSA) is 61.4 Å². The largest absolute Gasteiger partial charge is 0.372 e. The molecule has 1 aliphatic carbocycles. The Balaban J connectivity index is 1.43. The number of rotatable bonds is 5. The van der Waals surface area contributed by atoms with Crippen molar-refractivity contribution in [2.45, 2.75) is 44.9 Å². The molecule has 2 amide bonds. The van der Waals surface area contributed by atoms with Gasteiger partial charge in [-0.15, -0.1) is 0 Å². The van der Waals surface area contributed by atoms with E-state index < -0.39 is 0 Å². The summed E-state index contributed by atoms with van der Waals surface area (Å²) in [7, 11) is 0. The fourth-order valence-corrected chi connectivity index (χ4v) is 3.61. The van der Waals surface area contributed by atoms with Gasteiger partial charge in [-0.1, -0.05) is 19.3 Å². The zero-order valence-electron chi connectivity index (χ0n) is 14.2. The van der Waals surface area contributed by atoms with Crippen molar-refractivity contribution in [1.82, 2.24) is 5.32 Å². The molecule has 2 N–H and O–H groups in total. The summed E-state index contributed by atoms with van der Waals surface area (Å²) in [6, 6.07) is 7.94. The molecule has 0 radical (unpaired) electrons. The van der Waals surface area contributed by atoms with Crippen molar-refractivity contribution in [2.24, 2.45) is 5.92 Å². The summed E-state index contributed by atoms with van der Waals surface area (Å²) in [6.07, 6.45) is 7.86. The van der Waals surface area contributed by atoms with E-state index in [2.05, 4.69) is 15.5 Å². The van der Waals surface area contributed by atoms with Crippen molar-refractivity contribution in [3.8, 4) is 0 Å². The molecule has 5 nitrogen and oxygen atoms in total. The Hall–Kier alpha value is -2.04. The van der Waals surface area contributed by atoms with Crippen molar-refractivity contribution in [3.63, 3.8) is 0 Å². The maximum Gasteiger partial charge on any atom is 0.243 e. The predicted octanol–water partition coefficient (Wildman–Crippen LogP) is 2.92. The van der Waals surface area contributed by atoms with Gasteiger partial charge in [0.25, 0.3) is 0 Å². The third kappa shape index (κ3) is 4.49. The van der Waals surface area contributed by atoms with E-state index in [1.807, 2.05) is 24.3 Å². The monoisotopic (exact) mass is 329 g/mol. The summed E-state index contributed by atoms with van der Waals surface area (Å²) in [6.45, 7) is 2.26. The average molecular weight is 329 g/mol. The first-order chi connectivity index (χ1) is 11.7. The van der Waals surface area contributed by atoms with Crippen LogP contribution in [0.25, 0.3) is 0 Å². The van der Waals surface area contributed by atoms with E-state index in [1.165, 1.54) is 24.9 Å². The standard InChI is InChI=1S/C19H27N3O2/c23-18(14-20-19(24)15-6-2-1-3-7-15)21-16-8-10-17(11-9-16)22-12-4-5-13-22/h8-11,15H,1-7,12-14H2,(H,20,24)(H,21,23). The predicted molar refractivity (Wildman–Crippen MR) is 96.1 cm³/mol. The summed E-state index contributed by atoms with van der Waals surface area (Å²) >= 11 is 0. The number of anilines is 2. The molecule has 1 aromatic rings. The van der Waals surface area contributed by atoms with Gasteiger partial charge in [0.15, 0.2) is 0 Å². The first kappa shape index (κ1) is 16.8. The van der Waals surface area contributed by atoms with Gasteiger partial charge in [0.05, 0.1) is 6.54 Å². The minimum atomic E-state index is -0.173. The van der Waals surface area contributed by atoms with Gasteiger partial charge in [0, 0.05) is 30.4 Å². The molecule has 1 saturated carbocycles. The first-order valence-corrected chi connectivity index (χ1v) is 9.15. The van der Waals surface area contributed by atoms with Gasteiger partial charge >= 0.3 is 0 Å². The highest BCUT2D eigenvalue weighted by molar-refractivity contribution is 5.94. The number of amides is 2. The zero-order chi connectivity index (χ0) is 16.8. The van der Waals surface area contributed by atoms with Crippen molar-refractivity contribution in [3.05, 3.63) is 24.3 Å².